The summed E-state index contributed by atoms with van der Waals surface area (Å²) < 4.78 is 96.5. The van der Waals surface area contributed by atoms with E-state index >= 15 is 0 Å². The SMILES string of the molecule is [2H]c1cc2oc3c([2H])c([2H])c4cc(-c5c([2H])c([2H])c(N(c6ccc(-c7ccccc7)cc6)c6ccccc6-c6ccc(-c7ccccc7)cc6)c([2H])c5[2H])cc([2H])c4c3c2c([2H])c1[2H]. The monoisotopic (exact) mass is 699 g/mol. The zero-order chi connectivity index (χ0) is 44.6. The highest BCUT2D eigenvalue weighted by Gasteiger charge is 2.18. The molecule has 0 aliphatic carbocycles. The van der Waals surface area contributed by atoms with Gasteiger partial charge in [-0.25, -0.2) is 0 Å². The van der Waals surface area contributed by atoms with Gasteiger partial charge >= 0.3 is 0 Å². The van der Waals surface area contributed by atoms with Crippen molar-refractivity contribution in [1.82, 2.24) is 0 Å². The molecule has 1 aromatic heterocycles. The van der Waals surface area contributed by atoms with Crippen LogP contribution in [0.25, 0.3) is 77.2 Å². The second kappa shape index (κ2) is 13.4. The molecule has 0 bridgehead atoms. The van der Waals surface area contributed by atoms with E-state index in [0.29, 0.717) is 11.4 Å². The number of anilines is 3. The fourth-order valence-corrected chi connectivity index (χ4v) is 7.04. The highest BCUT2D eigenvalue weighted by atomic mass is 16.3. The third-order valence-corrected chi connectivity index (χ3v) is 9.70. The minimum Gasteiger partial charge on any atom is -0.456 e. The molecule has 0 saturated heterocycles. The molecule has 0 unspecified atom stereocenters. The lowest BCUT2D eigenvalue weighted by Gasteiger charge is -2.28. The molecule has 2 heteroatoms. The molecule has 0 aliphatic rings. The van der Waals surface area contributed by atoms with Gasteiger partial charge in [-0.05, 0) is 98.2 Å². The Bertz CT molecular complexity index is 3450. The first-order chi connectivity index (χ1) is 30.9. The standard InChI is InChI=1S/C52H35NO/c1-3-11-36(12-4-1)38-19-21-41(22-20-38)46-15-7-9-17-49(46)53(44-29-23-39(24-30-44)37-13-5-2-6-14-37)45-31-25-40(26-32-45)42-27-33-47-43(35-42)28-34-51-52(47)48-16-8-10-18-50(48)54-51/h1-35H/i8D,10D,16D,25D,26D,28D,31D,32D,33D,34D. The van der Waals surface area contributed by atoms with Gasteiger partial charge in [0.2, 0.25) is 0 Å². The van der Waals surface area contributed by atoms with E-state index in [9.17, 15) is 6.85 Å². The molecule has 54 heavy (non-hydrogen) atoms. The average molecular weight is 700 g/mol. The first-order valence-electron chi connectivity index (χ1n) is 22.6. The number of hydrogen-bond acceptors (Lipinski definition) is 2. The minimum atomic E-state index is -0.368. The summed E-state index contributed by atoms with van der Waals surface area (Å²) in [5.74, 6) is 0. The van der Waals surface area contributed by atoms with Gasteiger partial charge in [0.1, 0.15) is 11.2 Å². The van der Waals surface area contributed by atoms with Crippen LogP contribution in [0.15, 0.2) is 217 Å². The molecule has 10 rings (SSSR count). The van der Waals surface area contributed by atoms with Gasteiger partial charge in [-0.3, -0.25) is 0 Å². The van der Waals surface area contributed by atoms with Gasteiger partial charge in [0, 0.05) is 27.7 Å². The summed E-state index contributed by atoms with van der Waals surface area (Å²) in [5.41, 5.74) is 7.07. The van der Waals surface area contributed by atoms with Crippen LogP contribution in [0.5, 0.6) is 0 Å². The molecule has 0 radical (unpaired) electrons. The van der Waals surface area contributed by atoms with Crippen molar-refractivity contribution in [2.45, 2.75) is 0 Å². The van der Waals surface area contributed by atoms with Gasteiger partial charge in [-0.15, -0.1) is 0 Å². The van der Waals surface area contributed by atoms with Crippen molar-refractivity contribution in [2.75, 3.05) is 4.90 Å². The maximum Gasteiger partial charge on any atom is 0.136 e. The van der Waals surface area contributed by atoms with Crippen LogP contribution in [0, 0.1) is 0 Å². The lowest BCUT2D eigenvalue weighted by Crippen LogP contribution is -2.11. The van der Waals surface area contributed by atoms with Gasteiger partial charge in [0.15, 0.2) is 0 Å². The highest BCUT2D eigenvalue weighted by Crippen LogP contribution is 2.43. The second-order valence-electron chi connectivity index (χ2n) is 12.9. The number of fused-ring (bicyclic) bond motifs is 5. The van der Waals surface area contributed by atoms with Crippen molar-refractivity contribution in [3.63, 3.8) is 0 Å². The number of rotatable bonds is 7. The lowest BCUT2D eigenvalue weighted by atomic mass is 9.97. The van der Waals surface area contributed by atoms with Crippen LogP contribution < -0.4 is 4.90 Å². The Hall–Kier alpha value is -7.16. The van der Waals surface area contributed by atoms with E-state index in [1.165, 1.54) is 18.2 Å². The number of nitrogens with zero attached hydrogens (tertiary/aromatic N) is 1. The minimum absolute atomic E-state index is 0.00981. The van der Waals surface area contributed by atoms with E-state index in [1.807, 2.05) is 121 Å². The first-order valence-corrected chi connectivity index (χ1v) is 17.6. The van der Waals surface area contributed by atoms with Crippen LogP contribution in [0.3, 0.4) is 0 Å². The Labute approximate surface area is 328 Å². The van der Waals surface area contributed by atoms with Gasteiger partial charge in [-0.1, -0.05) is 164 Å². The van der Waals surface area contributed by atoms with Gasteiger partial charge in [0.25, 0.3) is 0 Å². The fourth-order valence-electron chi connectivity index (χ4n) is 7.04. The summed E-state index contributed by atoms with van der Waals surface area (Å²) in [5, 5.41) is 0.623. The summed E-state index contributed by atoms with van der Waals surface area (Å²) in [6, 6.07) is 44.6. The molecule has 0 aliphatic heterocycles. The summed E-state index contributed by atoms with van der Waals surface area (Å²) >= 11 is 0. The van der Waals surface area contributed by atoms with E-state index < -0.39 is 0 Å². The van der Waals surface area contributed by atoms with Crippen molar-refractivity contribution in [2.24, 2.45) is 0 Å². The second-order valence-corrected chi connectivity index (χ2v) is 12.9. The molecule has 9 aromatic carbocycles. The van der Waals surface area contributed by atoms with E-state index in [4.69, 9.17) is 11.3 Å². The first kappa shape index (κ1) is 22.7. The molecular weight excluding hydrogens is 655 g/mol. The van der Waals surface area contributed by atoms with Gasteiger partial charge < -0.3 is 9.32 Å². The smallest absolute Gasteiger partial charge is 0.136 e. The summed E-state index contributed by atoms with van der Waals surface area (Å²) in [6.07, 6.45) is 0. The molecule has 10 aromatic rings. The normalized spacial score (nSPS) is 13.9. The number of furan rings is 1. The number of hydrogen-bond donors (Lipinski definition) is 0. The Balaban J connectivity index is 1.17. The van der Waals surface area contributed by atoms with Crippen molar-refractivity contribution >= 4 is 49.8 Å². The van der Waals surface area contributed by atoms with Crippen molar-refractivity contribution in [1.29, 1.82) is 0 Å². The van der Waals surface area contributed by atoms with E-state index in [1.54, 1.807) is 4.90 Å². The predicted octanol–water partition coefficient (Wildman–Crippen LogP) is 14.9. The van der Waals surface area contributed by atoms with Gasteiger partial charge in [0.05, 0.1) is 19.4 Å². The van der Waals surface area contributed by atoms with Crippen LogP contribution in [0.1, 0.15) is 13.7 Å². The molecule has 0 spiro atoms. The number of benzene rings is 9. The van der Waals surface area contributed by atoms with Crippen molar-refractivity contribution in [3.8, 4) is 44.5 Å². The Morgan fingerprint density at radius 2 is 1.02 bits per heavy atom. The van der Waals surface area contributed by atoms with Crippen LogP contribution >= 0.6 is 0 Å². The quantitative estimate of drug-likeness (QED) is 0.165. The maximum atomic E-state index is 9.65. The molecule has 2 nitrogen and oxygen atoms in total. The van der Waals surface area contributed by atoms with Crippen molar-refractivity contribution < 1.29 is 18.1 Å². The fraction of sp³-hybridized carbons (Fsp3) is 0. The zero-order valence-corrected chi connectivity index (χ0v) is 28.8. The van der Waals surface area contributed by atoms with E-state index in [-0.39, 0.29) is 110 Å². The molecule has 0 fully saturated rings. The molecule has 0 N–H and O–H groups in total. The van der Waals surface area contributed by atoms with Crippen LogP contribution in [0.4, 0.5) is 17.1 Å². The summed E-state index contributed by atoms with van der Waals surface area (Å²) in [7, 11) is 0. The molecule has 0 saturated carbocycles. The predicted molar refractivity (Wildman–Crippen MR) is 228 cm³/mol. The van der Waals surface area contributed by atoms with Crippen LogP contribution in [-0.2, 0) is 0 Å². The number of para-hydroxylation sites is 2. The maximum absolute atomic E-state index is 9.65. The molecule has 0 amide bonds. The largest absolute Gasteiger partial charge is 0.456 e. The molecule has 1 heterocycles. The Morgan fingerprint density at radius 3 is 1.74 bits per heavy atom. The zero-order valence-electron chi connectivity index (χ0n) is 38.8. The molecule has 254 valence electrons. The summed E-state index contributed by atoms with van der Waals surface area (Å²) in [4.78, 5) is 1.76. The lowest BCUT2D eigenvalue weighted by molar-refractivity contribution is 0.669. The molecule has 0 atom stereocenters. The van der Waals surface area contributed by atoms with Crippen molar-refractivity contribution in [3.05, 3.63) is 212 Å². The van der Waals surface area contributed by atoms with Crippen LogP contribution in [-0.4, -0.2) is 0 Å². The van der Waals surface area contributed by atoms with E-state index in [2.05, 4.69) is 12.1 Å². The van der Waals surface area contributed by atoms with Crippen LogP contribution in [0.2, 0.25) is 0 Å². The molecular formula is C52H35NO. The Kier molecular flexibility index (Phi) is 5.65. The van der Waals surface area contributed by atoms with E-state index in [0.717, 1.165) is 33.4 Å². The topological polar surface area (TPSA) is 16.4 Å². The third-order valence-electron chi connectivity index (χ3n) is 9.70. The Morgan fingerprint density at radius 1 is 0.389 bits per heavy atom. The highest BCUT2D eigenvalue weighted by molar-refractivity contribution is 6.19. The summed E-state index contributed by atoms with van der Waals surface area (Å²) in [6.45, 7) is 0. The average Bonchev–Trinajstić information content (AvgIpc) is 3.70. The third kappa shape index (κ3) is 5.71. The van der Waals surface area contributed by atoms with Gasteiger partial charge in [-0.2, -0.15) is 0 Å².